The van der Waals surface area contributed by atoms with Gasteiger partial charge < -0.3 is 0 Å². The highest BCUT2D eigenvalue weighted by Crippen LogP contribution is 2.33. The predicted molar refractivity (Wildman–Crippen MR) is 135 cm³/mol. The molecule has 0 saturated heterocycles. The summed E-state index contributed by atoms with van der Waals surface area (Å²) in [5.74, 6) is -1.03. The number of sulfone groups is 1. The Balaban J connectivity index is 1.65. The smallest absolute Gasteiger partial charge is 0.299 e. The van der Waals surface area contributed by atoms with Gasteiger partial charge in [-0.2, -0.15) is 13.2 Å². The number of carbonyl (C=O) groups is 2. The van der Waals surface area contributed by atoms with Gasteiger partial charge in [0, 0.05) is 29.5 Å². The normalized spacial score (nSPS) is 13.7. The second-order valence-electron chi connectivity index (χ2n) is 8.97. The molecule has 1 saturated carbocycles. The topological polar surface area (TPSA) is 74.8 Å². The van der Waals surface area contributed by atoms with E-state index in [0.717, 1.165) is 12.8 Å². The monoisotopic (exact) mass is 530 g/mol. The molecule has 1 aliphatic rings. The van der Waals surface area contributed by atoms with E-state index in [1.165, 1.54) is 78.6 Å². The highest BCUT2D eigenvalue weighted by molar-refractivity contribution is 7.91. The molecule has 0 aromatic heterocycles. The summed E-state index contributed by atoms with van der Waals surface area (Å²) < 4.78 is 65.0. The molecule has 0 N–H and O–H groups in total. The molecule has 1 fully saturated rings. The zero-order valence-electron chi connectivity index (χ0n) is 20.0. The van der Waals surface area contributed by atoms with Crippen LogP contribution >= 0.6 is 0 Å². The standard InChI is InChI=1S/C27H25F3N2O4S/c1-19(33)32(23-12-14-25(15-13-23)37(35,36)17-20-10-11-20)24-9-5-6-21(16-24)26(34)31(18-27(28,29)30)22-7-3-2-4-8-22/h2-9,12-16,20H,10-11,17-18H2,1H3. The van der Waals surface area contributed by atoms with E-state index in [1.54, 1.807) is 12.1 Å². The summed E-state index contributed by atoms with van der Waals surface area (Å²) in [4.78, 5) is 27.8. The molecule has 10 heteroatoms. The average Bonchev–Trinajstić information content (AvgIpc) is 3.66. The van der Waals surface area contributed by atoms with Crippen LogP contribution in [0.2, 0.25) is 0 Å². The summed E-state index contributed by atoms with van der Waals surface area (Å²) in [6.07, 6.45) is -2.83. The molecule has 0 heterocycles. The first kappa shape index (κ1) is 26.4. The van der Waals surface area contributed by atoms with Crippen LogP contribution in [0.5, 0.6) is 0 Å². The first-order valence-corrected chi connectivity index (χ1v) is 13.3. The summed E-state index contributed by atoms with van der Waals surface area (Å²) in [7, 11) is -3.44. The van der Waals surface area contributed by atoms with E-state index in [4.69, 9.17) is 0 Å². The lowest BCUT2D eigenvalue weighted by molar-refractivity contribution is -0.118. The molecule has 194 valence electrons. The van der Waals surface area contributed by atoms with Gasteiger partial charge in [-0.15, -0.1) is 0 Å². The number of halogens is 3. The molecule has 0 aliphatic heterocycles. The van der Waals surface area contributed by atoms with Crippen molar-refractivity contribution >= 4 is 38.7 Å². The molecule has 3 aromatic rings. The second-order valence-corrected chi connectivity index (χ2v) is 11.0. The maximum absolute atomic E-state index is 13.3. The maximum atomic E-state index is 13.3. The molecule has 0 spiro atoms. The number of benzene rings is 3. The van der Waals surface area contributed by atoms with Crippen molar-refractivity contribution in [3.8, 4) is 0 Å². The Morgan fingerprint density at radius 1 is 0.865 bits per heavy atom. The summed E-state index contributed by atoms with van der Waals surface area (Å²) in [6.45, 7) is -0.181. The third-order valence-electron chi connectivity index (χ3n) is 5.92. The largest absolute Gasteiger partial charge is 0.406 e. The van der Waals surface area contributed by atoms with Crippen LogP contribution in [0.3, 0.4) is 0 Å². The summed E-state index contributed by atoms with van der Waals surface area (Å²) in [5, 5.41) is 0. The quantitative estimate of drug-likeness (QED) is 0.371. The van der Waals surface area contributed by atoms with Gasteiger partial charge in [0.25, 0.3) is 5.91 Å². The van der Waals surface area contributed by atoms with Gasteiger partial charge in [0.05, 0.1) is 10.6 Å². The van der Waals surface area contributed by atoms with Crippen LogP contribution in [-0.2, 0) is 14.6 Å². The number of amides is 2. The molecule has 0 radical (unpaired) electrons. The number of carbonyl (C=O) groups excluding carboxylic acids is 2. The molecule has 1 aliphatic carbocycles. The average molecular weight is 531 g/mol. The van der Waals surface area contributed by atoms with Crippen LogP contribution in [0.15, 0.2) is 83.8 Å². The van der Waals surface area contributed by atoms with Crippen molar-refractivity contribution in [1.82, 2.24) is 0 Å². The Labute approximate surface area is 213 Å². The van der Waals surface area contributed by atoms with Crippen LogP contribution < -0.4 is 9.80 Å². The second kappa shape index (κ2) is 10.4. The van der Waals surface area contributed by atoms with Gasteiger partial charge in [0.2, 0.25) is 5.91 Å². The van der Waals surface area contributed by atoms with E-state index in [2.05, 4.69) is 0 Å². The molecule has 2 amide bonds. The number of hydrogen-bond donors (Lipinski definition) is 0. The zero-order valence-corrected chi connectivity index (χ0v) is 20.8. The minimum atomic E-state index is -4.63. The number of hydrogen-bond acceptors (Lipinski definition) is 4. The fourth-order valence-corrected chi connectivity index (χ4v) is 5.70. The van der Waals surface area contributed by atoms with E-state index < -0.39 is 34.4 Å². The number of para-hydroxylation sites is 1. The van der Waals surface area contributed by atoms with Gasteiger partial charge in [-0.05, 0) is 73.4 Å². The third kappa shape index (κ3) is 6.56. The molecule has 6 nitrogen and oxygen atoms in total. The van der Waals surface area contributed by atoms with Crippen LogP contribution in [0.25, 0.3) is 0 Å². The minimum Gasteiger partial charge on any atom is -0.299 e. The maximum Gasteiger partial charge on any atom is 0.406 e. The van der Waals surface area contributed by atoms with Gasteiger partial charge in [0.15, 0.2) is 9.84 Å². The minimum absolute atomic E-state index is 0.0412. The molecule has 0 bridgehead atoms. The van der Waals surface area contributed by atoms with Crippen LogP contribution in [-0.4, -0.2) is 38.7 Å². The summed E-state index contributed by atoms with van der Waals surface area (Å²) in [6, 6.07) is 19.1. The number of rotatable bonds is 8. The highest BCUT2D eigenvalue weighted by atomic mass is 32.2. The van der Waals surface area contributed by atoms with Gasteiger partial charge >= 0.3 is 6.18 Å². The first-order valence-electron chi connectivity index (χ1n) is 11.6. The lowest BCUT2D eigenvalue weighted by Gasteiger charge is -2.26. The lowest BCUT2D eigenvalue weighted by Crippen LogP contribution is -2.39. The fraction of sp³-hybridized carbons (Fsp3) is 0.259. The van der Waals surface area contributed by atoms with Crippen molar-refractivity contribution < 1.29 is 31.2 Å². The van der Waals surface area contributed by atoms with E-state index in [-0.39, 0.29) is 33.5 Å². The Morgan fingerprint density at radius 2 is 1.49 bits per heavy atom. The Bertz CT molecular complexity index is 1390. The Kier molecular flexibility index (Phi) is 7.40. The van der Waals surface area contributed by atoms with Crippen molar-refractivity contribution in [3.05, 3.63) is 84.4 Å². The fourth-order valence-electron chi connectivity index (χ4n) is 4.01. The number of nitrogens with zero attached hydrogens (tertiary/aromatic N) is 2. The van der Waals surface area contributed by atoms with Crippen molar-refractivity contribution in [1.29, 1.82) is 0 Å². The highest BCUT2D eigenvalue weighted by Gasteiger charge is 2.34. The van der Waals surface area contributed by atoms with Gasteiger partial charge in [0.1, 0.15) is 6.54 Å². The van der Waals surface area contributed by atoms with Crippen LogP contribution in [0, 0.1) is 5.92 Å². The van der Waals surface area contributed by atoms with Crippen LogP contribution in [0.1, 0.15) is 30.1 Å². The SMILES string of the molecule is CC(=O)N(c1ccc(S(=O)(=O)CC2CC2)cc1)c1cccc(C(=O)N(CC(F)(F)F)c2ccccc2)c1. The molecule has 37 heavy (non-hydrogen) atoms. The molecule has 3 aromatic carbocycles. The predicted octanol–water partition coefficient (Wildman–Crippen LogP) is 5.76. The van der Waals surface area contributed by atoms with Crippen molar-refractivity contribution in [2.24, 2.45) is 5.92 Å². The first-order chi connectivity index (χ1) is 17.4. The van der Waals surface area contributed by atoms with E-state index in [1.807, 2.05) is 0 Å². The van der Waals surface area contributed by atoms with Gasteiger partial charge in [-0.3, -0.25) is 19.4 Å². The Morgan fingerprint density at radius 3 is 2.05 bits per heavy atom. The third-order valence-corrected chi connectivity index (χ3v) is 7.82. The van der Waals surface area contributed by atoms with E-state index in [0.29, 0.717) is 10.6 Å². The van der Waals surface area contributed by atoms with Gasteiger partial charge in [-0.1, -0.05) is 24.3 Å². The lowest BCUT2D eigenvalue weighted by atomic mass is 10.1. The summed E-state index contributed by atoms with van der Waals surface area (Å²) in [5.41, 5.74) is 0.659. The number of anilines is 3. The van der Waals surface area contributed by atoms with Crippen LogP contribution in [0.4, 0.5) is 30.2 Å². The van der Waals surface area contributed by atoms with Crippen molar-refractivity contribution in [2.75, 3.05) is 22.1 Å². The van der Waals surface area contributed by atoms with E-state index in [9.17, 15) is 31.2 Å². The zero-order chi connectivity index (χ0) is 26.8. The number of alkyl halides is 3. The molecule has 0 atom stereocenters. The Hall–Kier alpha value is -3.66. The van der Waals surface area contributed by atoms with Crippen molar-refractivity contribution in [3.63, 3.8) is 0 Å². The van der Waals surface area contributed by atoms with Gasteiger partial charge in [-0.25, -0.2) is 8.42 Å². The molecule has 4 rings (SSSR count). The molecule has 0 unspecified atom stereocenters. The van der Waals surface area contributed by atoms with Crippen molar-refractivity contribution in [2.45, 2.75) is 30.8 Å². The summed E-state index contributed by atoms with van der Waals surface area (Å²) >= 11 is 0. The molecular weight excluding hydrogens is 505 g/mol. The molecular formula is C27H25F3N2O4S. The van der Waals surface area contributed by atoms with E-state index >= 15 is 0 Å².